The van der Waals surface area contributed by atoms with Crippen molar-refractivity contribution < 1.29 is 26.8 Å². The third-order valence-corrected chi connectivity index (χ3v) is 10.6. The number of nitrogens with two attached hydrogens (primary N) is 1. The molecule has 0 spiro atoms. The Morgan fingerprint density at radius 2 is 1.65 bits per heavy atom. The Kier molecular flexibility index (Phi) is 7.52. The number of rotatable bonds is 8. The van der Waals surface area contributed by atoms with Crippen LogP contribution in [0, 0.1) is 6.92 Å². The molecule has 0 aliphatic rings. The topological polar surface area (TPSA) is 151 Å². The number of anilines is 2. The van der Waals surface area contributed by atoms with Crippen molar-refractivity contribution in [1.29, 1.82) is 0 Å². The van der Waals surface area contributed by atoms with E-state index in [1.54, 1.807) is 0 Å². The molecular formula is C22H25N4O6PS. The number of nitrogen functional groups attached to an aromatic ring is 1. The summed E-state index contributed by atoms with van der Waals surface area (Å²) in [5, 5.41) is 2.63. The van der Waals surface area contributed by atoms with Crippen molar-refractivity contribution in [2.75, 3.05) is 25.3 Å². The van der Waals surface area contributed by atoms with Crippen LogP contribution in [0.5, 0.6) is 0 Å². The molecule has 3 rings (SSSR count). The predicted molar refractivity (Wildman–Crippen MR) is 129 cm³/mol. The Balaban J connectivity index is 1.82. The van der Waals surface area contributed by atoms with Gasteiger partial charge >= 0.3 is 7.60 Å². The molecule has 10 nitrogen and oxygen atoms in total. The van der Waals surface area contributed by atoms with Gasteiger partial charge in [-0.05, 0) is 38.1 Å². The van der Waals surface area contributed by atoms with Crippen molar-refractivity contribution in [2.45, 2.75) is 23.7 Å². The Bertz CT molecular complexity index is 1340. The van der Waals surface area contributed by atoms with Crippen LogP contribution in [0.3, 0.4) is 0 Å². The molecule has 0 saturated heterocycles. The molecule has 1 amide bonds. The first-order valence-corrected chi connectivity index (χ1v) is 13.2. The van der Waals surface area contributed by atoms with Gasteiger partial charge in [0.2, 0.25) is 0 Å². The maximum absolute atomic E-state index is 12.8. The number of benzene rings is 2. The zero-order valence-corrected chi connectivity index (χ0v) is 20.8. The van der Waals surface area contributed by atoms with Crippen LogP contribution in [-0.4, -0.2) is 43.5 Å². The third-order valence-electron chi connectivity index (χ3n) is 5.21. The van der Waals surface area contributed by atoms with E-state index in [1.807, 2.05) is 31.2 Å². The second-order valence-electron chi connectivity index (χ2n) is 7.38. The van der Waals surface area contributed by atoms with Gasteiger partial charge in [0.05, 0.1) is 16.8 Å². The molecule has 1 heterocycles. The maximum atomic E-state index is 12.8. The first-order chi connectivity index (χ1) is 16.0. The van der Waals surface area contributed by atoms with Crippen LogP contribution in [0.1, 0.15) is 23.0 Å². The van der Waals surface area contributed by atoms with Crippen LogP contribution >= 0.6 is 7.60 Å². The monoisotopic (exact) mass is 504 g/mol. The van der Waals surface area contributed by atoms with Gasteiger partial charge in [0.25, 0.3) is 5.91 Å². The summed E-state index contributed by atoms with van der Waals surface area (Å²) in [4.78, 5) is 19.7. The van der Waals surface area contributed by atoms with Crippen molar-refractivity contribution in [3.05, 3.63) is 66.0 Å². The molecule has 34 heavy (non-hydrogen) atoms. The third kappa shape index (κ3) is 5.18. The van der Waals surface area contributed by atoms with E-state index in [4.69, 9.17) is 14.8 Å². The molecule has 0 saturated carbocycles. The van der Waals surface area contributed by atoms with Gasteiger partial charge < -0.3 is 20.1 Å². The van der Waals surface area contributed by atoms with E-state index in [0.29, 0.717) is 11.4 Å². The van der Waals surface area contributed by atoms with E-state index in [0.717, 1.165) is 25.3 Å². The zero-order chi connectivity index (χ0) is 25.1. The number of amides is 1. The average Bonchev–Trinajstić information content (AvgIpc) is 2.84. The summed E-state index contributed by atoms with van der Waals surface area (Å²) in [6.45, 7) is 3.21. The molecule has 0 fully saturated rings. The SMILES string of the molecule is COP(=O)(OC)[C@H](C)S(=O)(=O)c1ccc(NC(=O)c2nc(-c3ccc(C)cc3)cnc2N)cc1. The van der Waals surface area contributed by atoms with Gasteiger partial charge in [-0.25, -0.2) is 18.4 Å². The smallest absolute Gasteiger partial charge is 0.348 e. The Labute approximate surface area is 198 Å². The van der Waals surface area contributed by atoms with Crippen molar-refractivity contribution in [3.8, 4) is 11.3 Å². The standard InChI is InChI=1S/C22H25N4O6PS/c1-14-5-7-16(8-6-14)19-13-24-21(23)20(26-19)22(27)25-17-9-11-18(12-10-17)34(29,30)15(2)33(28,31-3)32-4/h5-13,15H,1-4H3,(H2,23,24)(H,25,27)/t15-/m0/s1. The van der Waals surface area contributed by atoms with Gasteiger partial charge in [-0.1, -0.05) is 29.8 Å². The lowest BCUT2D eigenvalue weighted by Gasteiger charge is -2.21. The zero-order valence-electron chi connectivity index (χ0n) is 19.1. The molecule has 1 atom stereocenters. The number of hydrogen-bond acceptors (Lipinski definition) is 9. The Hall–Kier alpha value is -3.11. The number of nitrogens with one attached hydrogen (secondary N) is 1. The lowest BCUT2D eigenvalue weighted by Crippen LogP contribution is -2.20. The number of hydrogen-bond donors (Lipinski definition) is 2. The summed E-state index contributed by atoms with van der Waals surface area (Å²) >= 11 is 0. The van der Waals surface area contributed by atoms with Crippen molar-refractivity contribution >= 4 is 34.8 Å². The molecule has 3 aromatic rings. The molecule has 2 aromatic carbocycles. The molecular weight excluding hydrogens is 479 g/mol. The van der Waals surface area contributed by atoms with Crippen LogP contribution in [-0.2, 0) is 23.4 Å². The highest BCUT2D eigenvalue weighted by molar-refractivity contribution is 7.98. The molecule has 0 bridgehead atoms. The minimum atomic E-state index is -4.03. The molecule has 0 aliphatic heterocycles. The van der Waals surface area contributed by atoms with Crippen LogP contribution < -0.4 is 11.1 Å². The number of carbonyl (C=O) groups excluding carboxylic acids is 1. The van der Waals surface area contributed by atoms with Crippen molar-refractivity contribution in [1.82, 2.24) is 9.97 Å². The fourth-order valence-corrected chi connectivity index (χ4v) is 6.98. The van der Waals surface area contributed by atoms with E-state index >= 15 is 0 Å². The molecule has 0 unspecified atom stereocenters. The van der Waals surface area contributed by atoms with E-state index < -0.39 is 28.3 Å². The van der Waals surface area contributed by atoms with Gasteiger partial charge in [0.15, 0.2) is 26.3 Å². The number of aryl methyl sites for hydroxylation is 1. The summed E-state index contributed by atoms with van der Waals surface area (Å²) in [6, 6.07) is 12.9. The summed E-state index contributed by atoms with van der Waals surface area (Å²) in [7, 11) is -5.65. The summed E-state index contributed by atoms with van der Waals surface area (Å²) < 4.78 is 47.8. The summed E-state index contributed by atoms with van der Waals surface area (Å²) in [5.74, 6) is -0.650. The van der Waals surface area contributed by atoms with Crippen LogP contribution in [0.25, 0.3) is 11.3 Å². The highest BCUT2D eigenvalue weighted by atomic mass is 32.2. The van der Waals surface area contributed by atoms with Gasteiger partial charge in [-0.3, -0.25) is 9.36 Å². The van der Waals surface area contributed by atoms with Gasteiger partial charge in [0.1, 0.15) is 0 Å². The van der Waals surface area contributed by atoms with E-state index in [-0.39, 0.29) is 16.4 Å². The van der Waals surface area contributed by atoms with E-state index in [9.17, 15) is 17.8 Å². The predicted octanol–water partition coefficient (Wildman–Crippen LogP) is 3.89. The minimum Gasteiger partial charge on any atom is -0.382 e. The molecule has 0 aliphatic carbocycles. The molecule has 12 heteroatoms. The molecule has 3 N–H and O–H groups in total. The fraction of sp³-hybridized carbons (Fsp3) is 0.227. The fourth-order valence-electron chi connectivity index (χ4n) is 3.09. The van der Waals surface area contributed by atoms with Gasteiger partial charge in [0, 0.05) is 25.5 Å². The van der Waals surface area contributed by atoms with Crippen LogP contribution in [0.2, 0.25) is 0 Å². The molecule has 0 radical (unpaired) electrons. The normalized spacial score (nSPS) is 12.8. The van der Waals surface area contributed by atoms with Gasteiger partial charge in [-0.15, -0.1) is 0 Å². The quantitative estimate of drug-likeness (QED) is 0.435. The van der Waals surface area contributed by atoms with Crippen LogP contribution in [0.15, 0.2) is 59.6 Å². The minimum absolute atomic E-state index is 0.0451. The summed E-state index contributed by atoms with van der Waals surface area (Å²) in [5.41, 5.74) is 8.45. The Morgan fingerprint density at radius 1 is 1.06 bits per heavy atom. The second kappa shape index (κ2) is 10.0. The van der Waals surface area contributed by atoms with Crippen LogP contribution in [0.4, 0.5) is 11.5 Å². The first-order valence-electron chi connectivity index (χ1n) is 10.1. The second-order valence-corrected chi connectivity index (χ2v) is 12.6. The largest absolute Gasteiger partial charge is 0.382 e. The average molecular weight is 505 g/mol. The Morgan fingerprint density at radius 3 is 2.21 bits per heavy atom. The number of nitrogens with zero attached hydrogens (tertiary/aromatic N) is 2. The first kappa shape index (κ1) is 25.5. The maximum Gasteiger partial charge on any atom is 0.348 e. The lowest BCUT2D eigenvalue weighted by atomic mass is 10.1. The lowest BCUT2D eigenvalue weighted by molar-refractivity contribution is 0.102. The molecule has 1 aromatic heterocycles. The number of aromatic nitrogens is 2. The van der Waals surface area contributed by atoms with Crippen molar-refractivity contribution in [2.24, 2.45) is 0 Å². The highest BCUT2D eigenvalue weighted by Crippen LogP contribution is 2.54. The number of carbonyl (C=O) groups is 1. The van der Waals surface area contributed by atoms with Crippen molar-refractivity contribution in [3.63, 3.8) is 0 Å². The van der Waals surface area contributed by atoms with E-state index in [2.05, 4.69) is 15.3 Å². The number of sulfone groups is 1. The van der Waals surface area contributed by atoms with E-state index in [1.165, 1.54) is 37.4 Å². The summed E-state index contributed by atoms with van der Waals surface area (Å²) in [6.07, 6.45) is 1.48. The highest BCUT2D eigenvalue weighted by Gasteiger charge is 2.41. The van der Waals surface area contributed by atoms with Gasteiger partial charge in [-0.2, -0.15) is 0 Å². The molecule has 180 valence electrons.